The van der Waals surface area contributed by atoms with E-state index in [1.807, 2.05) is 6.92 Å². The van der Waals surface area contributed by atoms with Crippen molar-refractivity contribution in [3.05, 3.63) is 38.4 Å². The Labute approximate surface area is 167 Å². The Hall–Kier alpha value is -1.70. The average Bonchev–Trinajstić information content (AvgIpc) is 3.39. The van der Waals surface area contributed by atoms with Crippen LogP contribution in [0.1, 0.15) is 57.9 Å². The summed E-state index contributed by atoms with van der Waals surface area (Å²) in [5, 5.41) is 5.81. The molecule has 1 aliphatic heterocycles. The van der Waals surface area contributed by atoms with Gasteiger partial charge in [0.2, 0.25) is 0 Å². The normalized spacial score (nSPS) is 21.2. The molecule has 144 valence electrons. The zero-order valence-electron chi connectivity index (χ0n) is 15.5. The summed E-state index contributed by atoms with van der Waals surface area (Å²) in [7, 11) is 0. The highest BCUT2D eigenvalue weighted by atomic mass is 32.1. The van der Waals surface area contributed by atoms with E-state index < -0.39 is 0 Å². The van der Waals surface area contributed by atoms with Crippen molar-refractivity contribution >= 4 is 39.6 Å². The third-order valence-corrected chi connectivity index (χ3v) is 7.60. The third kappa shape index (κ3) is 3.81. The maximum Gasteiger partial charge on any atom is 0.341 e. The van der Waals surface area contributed by atoms with Crippen LogP contribution in [0.25, 0.3) is 0 Å². The molecule has 2 aliphatic rings. The van der Waals surface area contributed by atoms with Gasteiger partial charge in [0.15, 0.2) is 6.54 Å². The molecular formula is C20H25N2O3S2+. The van der Waals surface area contributed by atoms with Crippen molar-refractivity contribution in [2.45, 2.75) is 45.1 Å². The first-order valence-corrected chi connectivity index (χ1v) is 11.4. The summed E-state index contributed by atoms with van der Waals surface area (Å²) < 4.78 is 5.25. The second kappa shape index (κ2) is 8.12. The van der Waals surface area contributed by atoms with E-state index in [2.05, 4.69) is 22.8 Å². The smallest absolute Gasteiger partial charge is 0.341 e. The predicted molar refractivity (Wildman–Crippen MR) is 108 cm³/mol. The number of esters is 1. The Morgan fingerprint density at radius 1 is 1.33 bits per heavy atom. The number of hydrogen-bond donors (Lipinski definition) is 2. The number of ether oxygens (including phenoxy) is 1. The summed E-state index contributed by atoms with van der Waals surface area (Å²) in [5.74, 6) is -0.323. The molecule has 1 unspecified atom stereocenters. The van der Waals surface area contributed by atoms with Crippen molar-refractivity contribution in [3.63, 3.8) is 0 Å². The lowest BCUT2D eigenvalue weighted by Crippen LogP contribution is -3.11. The number of rotatable bonds is 6. The van der Waals surface area contributed by atoms with Gasteiger partial charge in [-0.2, -0.15) is 0 Å². The first-order chi connectivity index (χ1) is 13.2. The topological polar surface area (TPSA) is 59.8 Å². The van der Waals surface area contributed by atoms with E-state index in [9.17, 15) is 9.59 Å². The molecule has 3 heterocycles. The third-order valence-electron chi connectivity index (χ3n) is 5.41. The molecule has 2 aromatic heterocycles. The number of quaternary nitrogens is 1. The van der Waals surface area contributed by atoms with Crippen LogP contribution in [-0.4, -0.2) is 31.6 Å². The molecule has 5 nitrogen and oxygen atoms in total. The maximum atomic E-state index is 12.8. The quantitative estimate of drug-likeness (QED) is 0.727. The molecule has 1 amide bonds. The van der Waals surface area contributed by atoms with Crippen LogP contribution in [0.15, 0.2) is 17.5 Å². The lowest BCUT2D eigenvalue weighted by Gasteiger charge is -2.20. The van der Waals surface area contributed by atoms with Gasteiger partial charge >= 0.3 is 5.97 Å². The molecule has 7 heteroatoms. The molecule has 2 atom stereocenters. The Morgan fingerprint density at radius 3 is 3.00 bits per heavy atom. The van der Waals surface area contributed by atoms with Gasteiger partial charge in [-0.25, -0.2) is 4.79 Å². The summed E-state index contributed by atoms with van der Waals surface area (Å²) >= 11 is 3.32. The maximum absolute atomic E-state index is 12.8. The number of hydrogen-bond acceptors (Lipinski definition) is 5. The van der Waals surface area contributed by atoms with Gasteiger partial charge in [-0.3, -0.25) is 4.79 Å². The molecule has 2 N–H and O–H groups in total. The summed E-state index contributed by atoms with van der Waals surface area (Å²) in [4.78, 5) is 29.1. The van der Waals surface area contributed by atoms with Crippen LogP contribution < -0.4 is 10.2 Å². The van der Waals surface area contributed by atoms with Gasteiger partial charge in [0.1, 0.15) is 11.0 Å². The molecule has 0 bridgehead atoms. The van der Waals surface area contributed by atoms with Gasteiger partial charge in [0, 0.05) is 17.7 Å². The van der Waals surface area contributed by atoms with Gasteiger partial charge in [0.25, 0.3) is 5.91 Å². The van der Waals surface area contributed by atoms with Crippen molar-refractivity contribution in [1.82, 2.24) is 0 Å². The SMILES string of the molecule is CCOC(=O)c1c(NC(=O)C[NH+]2CCC[C@H]2c2cccs2)sc2c1CCC2. The van der Waals surface area contributed by atoms with Gasteiger partial charge in [0.05, 0.1) is 23.6 Å². The summed E-state index contributed by atoms with van der Waals surface area (Å²) in [6.45, 7) is 3.61. The second-order valence-electron chi connectivity index (χ2n) is 7.13. The lowest BCUT2D eigenvalue weighted by atomic mass is 10.1. The van der Waals surface area contributed by atoms with Gasteiger partial charge in [-0.15, -0.1) is 22.7 Å². The fourth-order valence-corrected chi connectivity index (χ4v) is 6.46. The Kier molecular flexibility index (Phi) is 5.61. The standard InChI is InChI=1S/C20H24N2O3S2/c1-2-25-20(24)18-13-6-3-8-15(13)27-19(18)21-17(23)12-22-10-4-7-14(22)16-9-5-11-26-16/h5,9,11,14H,2-4,6-8,10,12H2,1H3,(H,21,23)/p+1/t14-/m0/s1. The number of nitrogens with one attached hydrogen (secondary N) is 2. The van der Waals surface area contributed by atoms with E-state index >= 15 is 0 Å². The van der Waals surface area contributed by atoms with E-state index in [0.717, 1.165) is 44.2 Å². The number of anilines is 1. The highest BCUT2D eigenvalue weighted by Gasteiger charge is 2.33. The number of carbonyl (C=O) groups excluding carboxylic acids is 2. The second-order valence-corrected chi connectivity index (χ2v) is 9.21. The molecule has 0 spiro atoms. The van der Waals surface area contributed by atoms with Crippen molar-refractivity contribution in [3.8, 4) is 0 Å². The Bertz CT molecular complexity index is 829. The van der Waals surface area contributed by atoms with Crippen LogP contribution in [0.2, 0.25) is 0 Å². The van der Waals surface area contributed by atoms with E-state index in [0.29, 0.717) is 29.8 Å². The minimum absolute atomic E-state index is 0.0149. The first kappa shape index (κ1) is 18.7. The monoisotopic (exact) mass is 405 g/mol. The van der Waals surface area contributed by atoms with E-state index in [4.69, 9.17) is 4.74 Å². The Morgan fingerprint density at radius 2 is 2.22 bits per heavy atom. The largest absolute Gasteiger partial charge is 0.462 e. The predicted octanol–water partition coefficient (Wildman–Crippen LogP) is 2.83. The molecule has 1 fully saturated rings. The molecule has 0 saturated carbocycles. The zero-order chi connectivity index (χ0) is 18.8. The van der Waals surface area contributed by atoms with Crippen LogP contribution in [0, 0.1) is 0 Å². The molecule has 27 heavy (non-hydrogen) atoms. The minimum Gasteiger partial charge on any atom is -0.462 e. The number of thiophene rings is 2. The average molecular weight is 406 g/mol. The number of aryl methyl sites for hydroxylation is 1. The van der Waals surface area contributed by atoms with Crippen LogP contribution in [0.3, 0.4) is 0 Å². The minimum atomic E-state index is -0.308. The lowest BCUT2D eigenvalue weighted by molar-refractivity contribution is -0.910. The summed E-state index contributed by atoms with van der Waals surface area (Å²) in [5.41, 5.74) is 1.67. The molecule has 1 saturated heterocycles. The van der Waals surface area contributed by atoms with Gasteiger partial charge < -0.3 is 15.0 Å². The fourth-order valence-electron chi connectivity index (χ4n) is 4.24. The number of amides is 1. The van der Waals surface area contributed by atoms with Crippen LogP contribution >= 0.6 is 22.7 Å². The van der Waals surface area contributed by atoms with Crippen molar-refractivity contribution in [2.24, 2.45) is 0 Å². The summed E-state index contributed by atoms with van der Waals surface area (Å²) in [6.07, 6.45) is 5.23. The Balaban J connectivity index is 1.48. The highest BCUT2D eigenvalue weighted by molar-refractivity contribution is 7.17. The molecule has 1 aliphatic carbocycles. The van der Waals surface area contributed by atoms with E-state index in [-0.39, 0.29) is 11.9 Å². The van der Waals surface area contributed by atoms with Crippen LogP contribution in [0.4, 0.5) is 5.00 Å². The number of fused-ring (bicyclic) bond motifs is 1. The number of carbonyl (C=O) groups is 2. The van der Waals surface area contributed by atoms with Gasteiger partial charge in [-0.05, 0) is 43.2 Å². The van der Waals surface area contributed by atoms with Crippen LogP contribution in [0.5, 0.6) is 0 Å². The molecule has 4 rings (SSSR count). The number of likely N-dealkylation sites (tertiary alicyclic amines) is 1. The fraction of sp³-hybridized carbons (Fsp3) is 0.500. The van der Waals surface area contributed by atoms with Crippen molar-refractivity contribution in [2.75, 3.05) is 25.0 Å². The molecule has 0 radical (unpaired) electrons. The van der Waals surface area contributed by atoms with Crippen molar-refractivity contribution in [1.29, 1.82) is 0 Å². The van der Waals surface area contributed by atoms with Crippen molar-refractivity contribution < 1.29 is 19.2 Å². The first-order valence-electron chi connectivity index (χ1n) is 9.66. The molecule has 2 aromatic rings. The highest BCUT2D eigenvalue weighted by Crippen LogP contribution is 2.39. The van der Waals surface area contributed by atoms with Crippen LogP contribution in [-0.2, 0) is 22.4 Å². The zero-order valence-corrected chi connectivity index (χ0v) is 17.1. The summed E-state index contributed by atoms with van der Waals surface area (Å²) in [6, 6.07) is 4.66. The molecule has 0 aromatic carbocycles. The van der Waals surface area contributed by atoms with E-state index in [1.54, 1.807) is 22.7 Å². The molecular weight excluding hydrogens is 380 g/mol. The van der Waals surface area contributed by atoms with Gasteiger partial charge in [-0.1, -0.05) is 6.07 Å². The van der Waals surface area contributed by atoms with E-state index in [1.165, 1.54) is 14.7 Å².